The number of methoxy groups -OCH3 is 1. The molecule has 2 rings (SSSR count). The number of aryl methyl sites for hydroxylation is 1. The molecule has 0 saturated heterocycles. The SMILES string of the molecule is COCc1ccccc1S(=O)(=O)Nc1nc(C)nc(N(C)C)n1. The Hall–Kier alpha value is -2.26. The Labute approximate surface area is 135 Å². The number of sulfonamides is 1. The summed E-state index contributed by atoms with van der Waals surface area (Å²) in [5.41, 5.74) is 0.557. The van der Waals surface area contributed by atoms with Gasteiger partial charge in [0, 0.05) is 21.2 Å². The first-order chi connectivity index (χ1) is 10.8. The smallest absolute Gasteiger partial charge is 0.264 e. The lowest BCUT2D eigenvalue weighted by Crippen LogP contribution is -2.20. The predicted octanol–water partition coefficient (Wildman–Crippen LogP) is 1.19. The van der Waals surface area contributed by atoms with Gasteiger partial charge in [-0.15, -0.1) is 0 Å². The van der Waals surface area contributed by atoms with Crippen LogP contribution in [0.5, 0.6) is 0 Å². The zero-order chi connectivity index (χ0) is 17.0. The van der Waals surface area contributed by atoms with Crippen LogP contribution in [0, 0.1) is 6.92 Å². The molecule has 0 atom stereocenters. The van der Waals surface area contributed by atoms with Gasteiger partial charge in [0.1, 0.15) is 5.82 Å². The van der Waals surface area contributed by atoms with E-state index in [1.165, 1.54) is 13.2 Å². The van der Waals surface area contributed by atoms with E-state index in [1.54, 1.807) is 44.1 Å². The van der Waals surface area contributed by atoms with Crippen molar-refractivity contribution in [1.29, 1.82) is 0 Å². The highest BCUT2D eigenvalue weighted by Crippen LogP contribution is 2.19. The largest absolute Gasteiger partial charge is 0.380 e. The molecule has 2 aromatic rings. The van der Waals surface area contributed by atoms with Gasteiger partial charge in [-0.2, -0.15) is 15.0 Å². The number of nitrogens with one attached hydrogen (secondary N) is 1. The predicted molar refractivity (Wildman–Crippen MR) is 86.9 cm³/mol. The van der Waals surface area contributed by atoms with Crippen LogP contribution in [-0.4, -0.2) is 44.6 Å². The van der Waals surface area contributed by atoms with Crippen molar-refractivity contribution >= 4 is 21.9 Å². The fourth-order valence-electron chi connectivity index (χ4n) is 1.93. The molecule has 1 N–H and O–H groups in total. The summed E-state index contributed by atoms with van der Waals surface area (Å²) in [6.45, 7) is 1.86. The molecule has 0 aliphatic carbocycles. The Morgan fingerprint density at radius 3 is 2.52 bits per heavy atom. The van der Waals surface area contributed by atoms with E-state index in [9.17, 15) is 8.42 Å². The molecule has 124 valence electrons. The second-order valence-electron chi connectivity index (χ2n) is 5.05. The van der Waals surface area contributed by atoms with E-state index in [2.05, 4.69) is 19.7 Å². The lowest BCUT2D eigenvalue weighted by atomic mass is 10.2. The van der Waals surface area contributed by atoms with Gasteiger partial charge in [0.15, 0.2) is 0 Å². The minimum Gasteiger partial charge on any atom is -0.380 e. The van der Waals surface area contributed by atoms with Crippen LogP contribution >= 0.6 is 0 Å². The van der Waals surface area contributed by atoms with Gasteiger partial charge < -0.3 is 9.64 Å². The molecule has 0 bridgehead atoms. The Bertz CT molecular complexity index is 793. The molecule has 0 fully saturated rings. The van der Waals surface area contributed by atoms with Gasteiger partial charge in [0.2, 0.25) is 11.9 Å². The summed E-state index contributed by atoms with van der Waals surface area (Å²) in [5, 5.41) is 0. The van der Waals surface area contributed by atoms with Crippen LogP contribution in [-0.2, 0) is 21.4 Å². The number of ether oxygens (including phenoxy) is 1. The van der Waals surface area contributed by atoms with Crippen LogP contribution in [0.15, 0.2) is 29.2 Å². The fourth-order valence-corrected chi connectivity index (χ4v) is 3.10. The molecule has 0 amide bonds. The zero-order valence-corrected chi connectivity index (χ0v) is 14.3. The monoisotopic (exact) mass is 337 g/mol. The van der Waals surface area contributed by atoms with Gasteiger partial charge in [-0.25, -0.2) is 13.1 Å². The number of aromatic nitrogens is 3. The number of benzene rings is 1. The third kappa shape index (κ3) is 4.14. The minimum absolute atomic E-state index is 0.0200. The van der Waals surface area contributed by atoms with Crippen molar-refractivity contribution in [3.8, 4) is 0 Å². The lowest BCUT2D eigenvalue weighted by Gasteiger charge is -2.14. The molecular weight excluding hydrogens is 318 g/mol. The molecule has 8 nitrogen and oxygen atoms in total. The van der Waals surface area contributed by atoms with Crippen molar-refractivity contribution in [2.45, 2.75) is 18.4 Å². The summed E-state index contributed by atoms with van der Waals surface area (Å²) in [6.07, 6.45) is 0. The number of hydrogen-bond donors (Lipinski definition) is 1. The molecule has 1 heterocycles. The van der Waals surface area contributed by atoms with Crippen LogP contribution in [0.2, 0.25) is 0 Å². The molecule has 0 spiro atoms. The Balaban J connectivity index is 2.39. The van der Waals surface area contributed by atoms with Crippen LogP contribution < -0.4 is 9.62 Å². The fraction of sp³-hybridized carbons (Fsp3) is 0.357. The molecule has 1 aromatic heterocycles. The maximum atomic E-state index is 12.6. The van der Waals surface area contributed by atoms with Crippen molar-refractivity contribution in [3.63, 3.8) is 0 Å². The number of rotatable bonds is 6. The Kier molecular flexibility index (Phi) is 5.12. The summed E-state index contributed by atoms with van der Waals surface area (Å²) in [5.74, 6) is 0.778. The summed E-state index contributed by atoms with van der Waals surface area (Å²) in [4.78, 5) is 14.1. The molecule has 23 heavy (non-hydrogen) atoms. The van der Waals surface area contributed by atoms with E-state index < -0.39 is 10.0 Å². The van der Waals surface area contributed by atoms with E-state index in [0.29, 0.717) is 17.3 Å². The normalized spacial score (nSPS) is 11.3. The number of anilines is 2. The summed E-state index contributed by atoms with van der Waals surface area (Å²) in [6, 6.07) is 6.61. The van der Waals surface area contributed by atoms with Crippen molar-refractivity contribution in [2.75, 3.05) is 30.8 Å². The van der Waals surface area contributed by atoms with E-state index in [4.69, 9.17) is 4.74 Å². The topological polar surface area (TPSA) is 97.3 Å². The Morgan fingerprint density at radius 2 is 1.87 bits per heavy atom. The lowest BCUT2D eigenvalue weighted by molar-refractivity contribution is 0.182. The van der Waals surface area contributed by atoms with Gasteiger partial charge in [-0.05, 0) is 18.6 Å². The molecule has 0 aliphatic rings. The van der Waals surface area contributed by atoms with Gasteiger partial charge in [0.05, 0.1) is 11.5 Å². The average Bonchev–Trinajstić information content (AvgIpc) is 2.47. The maximum Gasteiger partial charge on any atom is 0.264 e. The first kappa shape index (κ1) is 17.1. The van der Waals surface area contributed by atoms with Gasteiger partial charge in [-0.1, -0.05) is 18.2 Å². The van der Waals surface area contributed by atoms with Crippen LogP contribution in [0.4, 0.5) is 11.9 Å². The van der Waals surface area contributed by atoms with E-state index in [-0.39, 0.29) is 17.5 Å². The molecule has 1 aromatic carbocycles. The highest BCUT2D eigenvalue weighted by Gasteiger charge is 2.20. The van der Waals surface area contributed by atoms with Crippen molar-refractivity contribution < 1.29 is 13.2 Å². The second-order valence-corrected chi connectivity index (χ2v) is 6.70. The molecule has 0 unspecified atom stereocenters. The second kappa shape index (κ2) is 6.88. The average molecular weight is 337 g/mol. The molecule has 0 saturated carbocycles. The van der Waals surface area contributed by atoms with Crippen LogP contribution in [0.25, 0.3) is 0 Å². The van der Waals surface area contributed by atoms with Crippen molar-refractivity contribution in [1.82, 2.24) is 15.0 Å². The van der Waals surface area contributed by atoms with Gasteiger partial charge in [-0.3, -0.25) is 0 Å². The van der Waals surface area contributed by atoms with E-state index in [0.717, 1.165) is 0 Å². The first-order valence-corrected chi connectivity index (χ1v) is 8.31. The molecule has 0 radical (unpaired) electrons. The number of hydrogen-bond acceptors (Lipinski definition) is 7. The summed E-state index contributed by atoms with van der Waals surface area (Å²) >= 11 is 0. The van der Waals surface area contributed by atoms with Crippen molar-refractivity contribution in [2.24, 2.45) is 0 Å². The molecular formula is C14H19N5O3S. The van der Waals surface area contributed by atoms with E-state index >= 15 is 0 Å². The summed E-state index contributed by atoms with van der Waals surface area (Å²) < 4.78 is 32.7. The van der Waals surface area contributed by atoms with Gasteiger partial charge >= 0.3 is 0 Å². The quantitative estimate of drug-likeness (QED) is 0.845. The summed E-state index contributed by atoms with van der Waals surface area (Å²) in [7, 11) is 1.21. The highest BCUT2D eigenvalue weighted by molar-refractivity contribution is 7.92. The zero-order valence-electron chi connectivity index (χ0n) is 13.4. The maximum absolute atomic E-state index is 12.6. The first-order valence-electron chi connectivity index (χ1n) is 6.83. The third-order valence-electron chi connectivity index (χ3n) is 2.92. The number of nitrogens with zero attached hydrogens (tertiary/aromatic N) is 4. The third-order valence-corrected chi connectivity index (χ3v) is 4.35. The van der Waals surface area contributed by atoms with Crippen LogP contribution in [0.1, 0.15) is 11.4 Å². The molecule has 0 aliphatic heterocycles. The Morgan fingerprint density at radius 1 is 1.17 bits per heavy atom. The van der Waals surface area contributed by atoms with Crippen molar-refractivity contribution in [3.05, 3.63) is 35.7 Å². The molecule has 9 heteroatoms. The standard InChI is InChI=1S/C14H19N5O3S/c1-10-15-13(17-14(16-10)19(2)3)18-23(20,21)12-8-6-5-7-11(12)9-22-4/h5-8H,9H2,1-4H3,(H,15,16,17,18). The van der Waals surface area contributed by atoms with E-state index in [1.807, 2.05) is 0 Å². The van der Waals surface area contributed by atoms with Gasteiger partial charge in [0.25, 0.3) is 10.0 Å². The highest BCUT2D eigenvalue weighted by atomic mass is 32.2. The van der Waals surface area contributed by atoms with Crippen LogP contribution in [0.3, 0.4) is 0 Å². The minimum atomic E-state index is -3.83.